The molecule has 3 heteroatoms. The third kappa shape index (κ3) is 2.53. The van der Waals surface area contributed by atoms with E-state index in [2.05, 4.69) is 6.92 Å². The van der Waals surface area contributed by atoms with Crippen LogP contribution in [0.2, 0.25) is 0 Å². The monoisotopic (exact) mass is 212 g/mol. The van der Waals surface area contributed by atoms with E-state index in [1.54, 1.807) is 6.07 Å². The Hall–Kier alpha value is -0.960. The summed E-state index contributed by atoms with van der Waals surface area (Å²) in [5.74, 6) is -1.55. The van der Waals surface area contributed by atoms with E-state index in [0.29, 0.717) is 12.2 Å². The van der Waals surface area contributed by atoms with Crippen LogP contribution in [0.25, 0.3) is 0 Å². The van der Waals surface area contributed by atoms with Crippen molar-refractivity contribution in [2.24, 2.45) is 0 Å². The standard InChI is InChI=1S/C12H14F2O/c1-2-11-12(15-11)6-4-8-3-5-9(13)10(14)7-8/h3,5,7,11-12H,2,4,6H2,1H3. The van der Waals surface area contributed by atoms with Crippen LogP contribution in [0, 0.1) is 11.6 Å². The van der Waals surface area contributed by atoms with Gasteiger partial charge in [0.25, 0.3) is 0 Å². The number of benzene rings is 1. The van der Waals surface area contributed by atoms with Crippen LogP contribution in [0.15, 0.2) is 18.2 Å². The highest BCUT2D eigenvalue weighted by Crippen LogP contribution is 2.29. The van der Waals surface area contributed by atoms with E-state index in [0.717, 1.165) is 24.8 Å². The fourth-order valence-electron chi connectivity index (χ4n) is 1.80. The van der Waals surface area contributed by atoms with Crippen molar-refractivity contribution >= 4 is 0 Å². The summed E-state index contributed by atoms with van der Waals surface area (Å²) >= 11 is 0. The van der Waals surface area contributed by atoms with Crippen LogP contribution < -0.4 is 0 Å². The Morgan fingerprint density at radius 2 is 2.00 bits per heavy atom. The number of epoxide rings is 1. The lowest BCUT2D eigenvalue weighted by Gasteiger charge is -2.00. The molecule has 0 spiro atoms. The molecule has 2 atom stereocenters. The number of hydrogen-bond donors (Lipinski definition) is 0. The first kappa shape index (κ1) is 10.6. The quantitative estimate of drug-likeness (QED) is 0.699. The van der Waals surface area contributed by atoms with Crippen molar-refractivity contribution in [1.82, 2.24) is 0 Å². The molecule has 0 aromatic heterocycles. The zero-order valence-electron chi connectivity index (χ0n) is 8.67. The van der Waals surface area contributed by atoms with Crippen LogP contribution >= 0.6 is 0 Å². The van der Waals surface area contributed by atoms with Gasteiger partial charge in [0, 0.05) is 0 Å². The molecule has 1 aromatic rings. The predicted molar refractivity (Wildman–Crippen MR) is 53.6 cm³/mol. The molecule has 15 heavy (non-hydrogen) atoms. The van der Waals surface area contributed by atoms with Gasteiger partial charge in [-0.2, -0.15) is 0 Å². The molecule has 1 aliphatic rings. The highest BCUT2D eigenvalue weighted by Gasteiger charge is 2.35. The first-order chi connectivity index (χ1) is 7.20. The minimum Gasteiger partial charge on any atom is -0.370 e. The Morgan fingerprint density at radius 1 is 1.20 bits per heavy atom. The Kier molecular flexibility index (Phi) is 3.00. The largest absolute Gasteiger partial charge is 0.370 e. The molecule has 2 rings (SSSR count). The average molecular weight is 212 g/mol. The van der Waals surface area contributed by atoms with Gasteiger partial charge in [-0.15, -0.1) is 0 Å². The first-order valence-electron chi connectivity index (χ1n) is 5.30. The van der Waals surface area contributed by atoms with Crippen molar-refractivity contribution in [3.8, 4) is 0 Å². The smallest absolute Gasteiger partial charge is 0.159 e. The summed E-state index contributed by atoms with van der Waals surface area (Å²) in [6.45, 7) is 2.09. The molecule has 1 aliphatic heterocycles. The zero-order valence-corrected chi connectivity index (χ0v) is 8.67. The summed E-state index contributed by atoms with van der Waals surface area (Å²) in [5.41, 5.74) is 0.833. The number of hydrogen-bond acceptors (Lipinski definition) is 1. The maximum absolute atomic E-state index is 12.9. The lowest BCUT2D eigenvalue weighted by molar-refractivity contribution is 0.359. The molecular formula is C12H14F2O. The third-order valence-corrected chi connectivity index (χ3v) is 2.79. The first-order valence-corrected chi connectivity index (χ1v) is 5.30. The van der Waals surface area contributed by atoms with Crippen molar-refractivity contribution in [3.63, 3.8) is 0 Å². The van der Waals surface area contributed by atoms with Crippen LogP contribution in [0.5, 0.6) is 0 Å². The van der Waals surface area contributed by atoms with E-state index in [1.807, 2.05) is 0 Å². The SMILES string of the molecule is CCC1OC1CCc1ccc(F)c(F)c1. The van der Waals surface area contributed by atoms with E-state index in [1.165, 1.54) is 12.1 Å². The summed E-state index contributed by atoms with van der Waals surface area (Å²) in [6.07, 6.45) is 3.38. The Morgan fingerprint density at radius 3 is 2.60 bits per heavy atom. The summed E-state index contributed by atoms with van der Waals surface area (Å²) in [7, 11) is 0. The minimum atomic E-state index is -0.784. The topological polar surface area (TPSA) is 12.5 Å². The highest BCUT2D eigenvalue weighted by atomic mass is 19.2. The summed E-state index contributed by atoms with van der Waals surface area (Å²) in [4.78, 5) is 0. The molecule has 1 saturated heterocycles. The molecule has 1 nitrogen and oxygen atoms in total. The van der Waals surface area contributed by atoms with Crippen molar-refractivity contribution in [2.45, 2.75) is 38.4 Å². The van der Waals surface area contributed by atoms with E-state index in [9.17, 15) is 8.78 Å². The second-order valence-electron chi connectivity index (χ2n) is 3.91. The fourth-order valence-corrected chi connectivity index (χ4v) is 1.80. The molecule has 0 aliphatic carbocycles. The Bertz CT molecular complexity index is 351. The molecule has 0 bridgehead atoms. The average Bonchev–Trinajstić information content (AvgIpc) is 2.98. The van der Waals surface area contributed by atoms with E-state index in [4.69, 9.17) is 4.74 Å². The third-order valence-electron chi connectivity index (χ3n) is 2.79. The van der Waals surface area contributed by atoms with Crippen LogP contribution in [0.4, 0.5) is 8.78 Å². The fraction of sp³-hybridized carbons (Fsp3) is 0.500. The maximum atomic E-state index is 12.9. The van der Waals surface area contributed by atoms with Crippen LogP contribution in [0.1, 0.15) is 25.3 Å². The molecule has 1 heterocycles. The van der Waals surface area contributed by atoms with Gasteiger partial charge in [0.2, 0.25) is 0 Å². The molecule has 0 amide bonds. The number of rotatable bonds is 4. The van der Waals surface area contributed by atoms with Gasteiger partial charge >= 0.3 is 0 Å². The van der Waals surface area contributed by atoms with Crippen LogP contribution in [0.3, 0.4) is 0 Å². The van der Waals surface area contributed by atoms with Crippen molar-refractivity contribution in [3.05, 3.63) is 35.4 Å². The predicted octanol–water partition coefficient (Wildman–Crippen LogP) is 3.07. The summed E-state index contributed by atoms with van der Waals surface area (Å²) in [5, 5.41) is 0. The van der Waals surface area contributed by atoms with E-state index < -0.39 is 11.6 Å². The molecule has 0 saturated carbocycles. The van der Waals surface area contributed by atoms with Crippen molar-refractivity contribution < 1.29 is 13.5 Å². The normalized spacial score (nSPS) is 24.2. The Balaban J connectivity index is 1.86. The van der Waals surface area contributed by atoms with Crippen LogP contribution in [-0.2, 0) is 11.2 Å². The van der Waals surface area contributed by atoms with Gasteiger partial charge in [-0.3, -0.25) is 0 Å². The van der Waals surface area contributed by atoms with Crippen molar-refractivity contribution in [1.29, 1.82) is 0 Å². The molecule has 2 unspecified atom stereocenters. The second-order valence-corrected chi connectivity index (χ2v) is 3.91. The number of ether oxygens (including phenoxy) is 1. The lowest BCUT2D eigenvalue weighted by Crippen LogP contribution is -1.96. The van der Waals surface area contributed by atoms with Gasteiger partial charge < -0.3 is 4.74 Å². The molecule has 1 fully saturated rings. The minimum absolute atomic E-state index is 0.322. The lowest BCUT2D eigenvalue weighted by atomic mass is 10.1. The number of aryl methyl sites for hydroxylation is 1. The zero-order chi connectivity index (χ0) is 10.8. The van der Waals surface area contributed by atoms with Gasteiger partial charge in [-0.1, -0.05) is 13.0 Å². The molecule has 82 valence electrons. The summed E-state index contributed by atoms with van der Waals surface area (Å²) < 4.78 is 30.9. The highest BCUT2D eigenvalue weighted by molar-refractivity contribution is 5.18. The summed E-state index contributed by atoms with van der Waals surface area (Å²) in [6, 6.07) is 4.07. The van der Waals surface area contributed by atoms with E-state index >= 15 is 0 Å². The maximum Gasteiger partial charge on any atom is 0.159 e. The molecule has 0 radical (unpaired) electrons. The molecule has 0 N–H and O–H groups in total. The molecule has 1 aromatic carbocycles. The van der Waals surface area contributed by atoms with Crippen LogP contribution in [-0.4, -0.2) is 12.2 Å². The van der Waals surface area contributed by atoms with Gasteiger partial charge in [-0.25, -0.2) is 8.78 Å². The van der Waals surface area contributed by atoms with Gasteiger partial charge in [0.05, 0.1) is 12.2 Å². The van der Waals surface area contributed by atoms with Gasteiger partial charge in [0.15, 0.2) is 11.6 Å². The number of halogens is 2. The van der Waals surface area contributed by atoms with Gasteiger partial charge in [-0.05, 0) is 37.0 Å². The van der Waals surface area contributed by atoms with Crippen molar-refractivity contribution in [2.75, 3.05) is 0 Å². The Labute approximate surface area is 88.1 Å². The second kappa shape index (κ2) is 4.27. The van der Waals surface area contributed by atoms with Gasteiger partial charge in [0.1, 0.15) is 0 Å². The molecular weight excluding hydrogens is 198 g/mol. The van der Waals surface area contributed by atoms with E-state index in [-0.39, 0.29) is 0 Å².